The molecule has 1 saturated heterocycles. The van der Waals surface area contributed by atoms with Gasteiger partial charge in [-0.15, -0.1) is 0 Å². The molecule has 3 aliphatic rings. The van der Waals surface area contributed by atoms with Crippen molar-refractivity contribution in [2.45, 2.75) is 64.3 Å². The van der Waals surface area contributed by atoms with Crippen LogP contribution in [0.25, 0.3) is 0 Å². The van der Waals surface area contributed by atoms with Gasteiger partial charge < -0.3 is 0 Å². The van der Waals surface area contributed by atoms with Crippen molar-refractivity contribution >= 4 is 17.8 Å². The molecule has 1 N–H and O–H groups in total. The lowest BCUT2D eigenvalue weighted by Gasteiger charge is -2.48. The Hall–Kier alpha value is -1.39. The van der Waals surface area contributed by atoms with E-state index in [1.807, 2.05) is 0 Å². The number of barbiturate groups is 1. The zero-order chi connectivity index (χ0) is 14.3. The summed E-state index contributed by atoms with van der Waals surface area (Å²) in [5.74, 6) is -0.231. The molecule has 3 rings (SSSR count). The molecule has 5 heteroatoms. The number of nitrogens with zero attached hydrogens (tertiary/aromatic N) is 1. The summed E-state index contributed by atoms with van der Waals surface area (Å²) in [5, 5.41) is 2.42. The predicted molar refractivity (Wildman–Crippen MR) is 72.7 cm³/mol. The SMILES string of the molecule is CCC1CCCCC1N1C(=O)NC(=O)C2(CCC2)C1=O. The zero-order valence-electron chi connectivity index (χ0n) is 12.0. The fraction of sp³-hybridized carbons (Fsp3) is 0.800. The molecule has 4 amide bonds. The number of rotatable bonds is 2. The van der Waals surface area contributed by atoms with E-state index in [4.69, 9.17) is 0 Å². The standard InChI is InChI=1S/C15H22N2O3/c1-2-10-6-3-4-7-11(10)17-13(19)15(8-5-9-15)12(18)16-14(17)20/h10-11H,2-9H2,1H3,(H,16,18,20). The second kappa shape index (κ2) is 4.86. The number of hydrogen-bond acceptors (Lipinski definition) is 3. The average molecular weight is 278 g/mol. The molecule has 0 bridgehead atoms. The highest BCUT2D eigenvalue weighted by atomic mass is 16.2. The quantitative estimate of drug-likeness (QED) is 0.787. The highest BCUT2D eigenvalue weighted by Crippen LogP contribution is 2.46. The summed E-state index contributed by atoms with van der Waals surface area (Å²) < 4.78 is 0. The third-order valence-corrected chi connectivity index (χ3v) is 5.43. The maximum atomic E-state index is 12.8. The second-order valence-electron chi connectivity index (χ2n) is 6.39. The second-order valence-corrected chi connectivity index (χ2v) is 6.39. The molecule has 1 spiro atoms. The van der Waals surface area contributed by atoms with E-state index in [1.165, 1.54) is 11.3 Å². The molecule has 0 aromatic rings. The first-order valence-corrected chi connectivity index (χ1v) is 7.79. The van der Waals surface area contributed by atoms with Gasteiger partial charge in [0.15, 0.2) is 0 Å². The molecule has 110 valence electrons. The molecule has 3 fully saturated rings. The Labute approximate surface area is 119 Å². The third kappa shape index (κ3) is 1.79. The lowest BCUT2D eigenvalue weighted by molar-refractivity contribution is -0.160. The van der Waals surface area contributed by atoms with Crippen molar-refractivity contribution in [3.05, 3.63) is 0 Å². The van der Waals surface area contributed by atoms with Gasteiger partial charge in [-0.25, -0.2) is 4.79 Å². The molecular formula is C15H22N2O3. The highest BCUT2D eigenvalue weighted by Gasteiger charge is 2.58. The van der Waals surface area contributed by atoms with Gasteiger partial charge in [0.1, 0.15) is 5.41 Å². The van der Waals surface area contributed by atoms with Crippen LogP contribution in [-0.4, -0.2) is 28.8 Å². The third-order valence-electron chi connectivity index (χ3n) is 5.43. The van der Waals surface area contributed by atoms with Crippen LogP contribution in [0.15, 0.2) is 0 Å². The number of hydrogen-bond donors (Lipinski definition) is 1. The number of carbonyl (C=O) groups excluding carboxylic acids is 3. The number of urea groups is 1. The summed E-state index contributed by atoms with van der Waals surface area (Å²) in [5.41, 5.74) is -0.927. The van der Waals surface area contributed by atoms with E-state index in [2.05, 4.69) is 12.2 Å². The molecule has 2 unspecified atom stereocenters. The maximum absolute atomic E-state index is 12.8. The number of carbonyl (C=O) groups is 3. The van der Waals surface area contributed by atoms with Gasteiger partial charge in [0.25, 0.3) is 0 Å². The minimum Gasteiger partial charge on any atom is -0.277 e. The van der Waals surface area contributed by atoms with Gasteiger partial charge >= 0.3 is 6.03 Å². The van der Waals surface area contributed by atoms with Gasteiger partial charge in [-0.2, -0.15) is 0 Å². The van der Waals surface area contributed by atoms with Gasteiger partial charge in [0.05, 0.1) is 0 Å². The summed E-state index contributed by atoms with van der Waals surface area (Å²) in [4.78, 5) is 38.3. The van der Waals surface area contributed by atoms with Crippen LogP contribution in [0.5, 0.6) is 0 Å². The van der Waals surface area contributed by atoms with Crippen LogP contribution in [0.3, 0.4) is 0 Å². The predicted octanol–water partition coefficient (Wildman–Crippen LogP) is 2.20. The van der Waals surface area contributed by atoms with Crippen LogP contribution in [-0.2, 0) is 9.59 Å². The van der Waals surface area contributed by atoms with Crippen molar-refractivity contribution in [3.8, 4) is 0 Å². The molecule has 0 aromatic heterocycles. The molecule has 1 aliphatic heterocycles. The van der Waals surface area contributed by atoms with Crippen molar-refractivity contribution in [1.29, 1.82) is 0 Å². The molecule has 2 aliphatic carbocycles. The number of amides is 4. The Morgan fingerprint density at radius 2 is 1.85 bits per heavy atom. The Balaban J connectivity index is 1.89. The van der Waals surface area contributed by atoms with E-state index in [0.717, 1.165) is 32.1 Å². The average Bonchev–Trinajstić information content (AvgIpc) is 2.37. The van der Waals surface area contributed by atoms with Gasteiger partial charge in [0, 0.05) is 6.04 Å². The summed E-state index contributed by atoms with van der Waals surface area (Å²) in [6, 6.07) is -0.519. The topological polar surface area (TPSA) is 66.5 Å². The summed E-state index contributed by atoms with van der Waals surface area (Å²) in [6.45, 7) is 2.11. The fourth-order valence-electron chi connectivity index (χ4n) is 3.97. The van der Waals surface area contributed by atoms with E-state index in [9.17, 15) is 14.4 Å². The molecule has 2 atom stereocenters. The fourth-order valence-corrected chi connectivity index (χ4v) is 3.97. The van der Waals surface area contributed by atoms with Gasteiger partial charge in [0.2, 0.25) is 11.8 Å². The van der Waals surface area contributed by atoms with E-state index in [-0.39, 0.29) is 17.9 Å². The van der Waals surface area contributed by atoms with Crippen molar-refractivity contribution in [1.82, 2.24) is 10.2 Å². The summed E-state index contributed by atoms with van der Waals surface area (Å²) in [7, 11) is 0. The van der Waals surface area contributed by atoms with Gasteiger partial charge in [-0.3, -0.25) is 19.8 Å². The Morgan fingerprint density at radius 3 is 2.45 bits per heavy atom. The van der Waals surface area contributed by atoms with Gasteiger partial charge in [-0.1, -0.05) is 32.6 Å². The Bertz CT molecular complexity index is 456. The van der Waals surface area contributed by atoms with Crippen LogP contribution in [0, 0.1) is 11.3 Å². The van der Waals surface area contributed by atoms with Crippen molar-refractivity contribution in [2.75, 3.05) is 0 Å². The Morgan fingerprint density at radius 1 is 1.15 bits per heavy atom. The zero-order valence-corrected chi connectivity index (χ0v) is 12.0. The first-order chi connectivity index (χ1) is 9.60. The minimum absolute atomic E-state index is 0.0215. The minimum atomic E-state index is -0.927. The molecule has 5 nitrogen and oxygen atoms in total. The first-order valence-electron chi connectivity index (χ1n) is 7.79. The lowest BCUT2D eigenvalue weighted by atomic mass is 9.65. The molecule has 0 radical (unpaired) electrons. The molecule has 0 aromatic carbocycles. The summed E-state index contributed by atoms with van der Waals surface area (Å²) >= 11 is 0. The van der Waals surface area contributed by atoms with Gasteiger partial charge in [-0.05, 0) is 31.6 Å². The first kappa shape index (κ1) is 13.6. The van der Waals surface area contributed by atoms with Crippen molar-refractivity contribution < 1.29 is 14.4 Å². The molecule has 20 heavy (non-hydrogen) atoms. The maximum Gasteiger partial charge on any atom is 0.331 e. The Kier molecular flexibility index (Phi) is 3.30. The normalized spacial score (nSPS) is 33.0. The monoisotopic (exact) mass is 278 g/mol. The van der Waals surface area contributed by atoms with Crippen LogP contribution in [0.1, 0.15) is 58.3 Å². The van der Waals surface area contributed by atoms with Crippen LogP contribution in [0.2, 0.25) is 0 Å². The highest BCUT2D eigenvalue weighted by molar-refractivity contribution is 6.19. The van der Waals surface area contributed by atoms with E-state index in [0.29, 0.717) is 18.8 Å². The lowest BCUT2D eigenvalue weighted by Crippen LogP contribution is -2.69. The molecular weight excluding hydrogens is 256 g/mol. The number of imide groups is 2. The largest absolute Gasteiger partial charge is 0.331 e. The summed E-state index contributed by atoms with van der Waals surface area (Å²) in [6.07, 6.45) is 7.21. The molecule has 1 heterocycles. The van der Waals surface area contributed by atoms with Crippen LogP contribution < -0.4 is 5.32 Å². The van der Waals surface area contributed by atoms with E-state index >= 15 is 0 Å². The van der Waals surface area contributed by atoms with Crippen LogP contribution >= 0.6 is 0 Å². The van der Waals surface area contributed by atoms with E-state index < -0.39 is 11.4 Å². The van der Waals surface area contributed by atoms with Crippen LogP contribution in [0.4, 0.5) is 4.79 Å². The van der Waals surface area contributed by atoms with Crippen molar-refractivity contribution in [2.24, 2.45) is 11.3 Å². The molecule has 2 saturated carbocycles. The van der Waals surface area contributed by atoms with E-state index in [1.54, 1.807) is 0 Å². The number of nitrogens with one attached hydrogen (secondary N) is 1. The van der Waals surface area contributed by atoms with Crippen molar-refractivity contribution in [3.63, 3.8) is 0 Å². The smallest absolute Gasteiger partial charge is 0.277 e.